The summed E-state index contributed by atoms with van der Waals surface area (Å²) >= 11 is 0. The predicted octanol–water partition coefficient (Wildman–Crippen LogP) is 2.21. The van der Waals surface area contributed by atoms with Gasteiger partial charge >= 0.3 is 6.03 Å². The van der Waals surface area contributed by atoms with Crippen LogP contribution in [0.15, 0.2) is 30.3 Å². The SMILES string of the molecule is CN1CCC(CNC(=O)N2CCCCC2CO)(c2ccccc2)CC1. The number of carbonyl (C=O) groups is 1. The number of hydrogen-bond donors (Lipinski definition) is 2. The van der Waals surface area contributed by atoms with Crippen molar-refractivity contribution in [3.8, 4) is 0 Å². The van der Waals surface area contributed by atoms with Crippen molar-refractivity contribution in [3.05, 3.63) is 35.9 Å². The van der Waals surface area contributed by atoms with E-state index in [1.165, 1.54) is 5.56 Å². The second-order valence-corrected chi connectivity index (χ2v) is 7.63. The van der Waals surface area contributed by atoms with Gasteiger partial charge in [-0.1, -0.05) is 30.3 Å². The fraction of sp³-hybridized carbons (Fsp3) is 0.650. The Balaban J connectivity index is 1.69. The Kier molecular flexibility index (Phi) is 5.97. The normalized spacial score (nSPS) is 24.1. The van der Waals surface area contributed by atoms with Gasteiger partial charge in [0.1, 0.15) is 0 Å². The van der Waals surface area contributed by atoms with Crippen LogP contribution in [0.2, 0.25) is 0 Å². The number of aliphatic hydroxyl groups is 1. The quantitative estimate of drug-likeness (QED) is 0.880. The highest BCUT2D eigenvalue weighted by atomic mass is 16.3. The number of aliphatic hydroxyl groups excluding tert-OH is 1. The molecule has 0 saturated carbocycles. The first-order valence-corrected chi connectivity index (χ1v) is 9.54. The minimum absolute atomic E-state index is 0.00787. The zero-order chi connectivity index (χ0) is 17.7. The van der Waals surface area contributed by atoms with Gasteiger partial charge in [0.25, 0.3) is 0 Å². The van der Waals surface area contributed by atoms with Gasteiger partial charge in [0.15, 0.2) is 0 Å². The maximum atomic E-state index is 12.7. The first-order valence-electron chi connectivity index (χ1n) is 9.54. The maximum Gasteiger partial charge on any atom is 0.317 e. The smallest absolute Gasteiger partial charge is 0.317 e. The molecule has 0 aliphatic carbocycles. The summed E-state index contributed by atoms with van der Waals surface area (Å²) in [6.45, 7) is 3.57. The number of nitrogens with one attached hydrogen (secondary N) is 1. The number of nitrogens with zero attached hydrogens (tertiary/aromatic N) is 2. The lowest BCUT2D eigenvalue weighted by atomic mass is 9.72. The third kappa shape index (κ3) is 4.15. The number of rotatable bonds is 4. The van der Waals surface area contributed by atoms with E-state index < -0.39 is 0 Å². The monoisotopic (exact) mass is 345 g/mol. The highest BCUT2D eigenvalue weighted by Gasteiger charge is 2.36. The molecule has 2 aliphatic rings. The van der Waals surface area contributed by atoms with Gasteiger partial charge < -0.3 is 20.2 Å². The average Bonchev–Trinajstić information content (AvgIpc) is 2.68. The maximum absolute atomic E-state index is 12.7. The van der Waals surface area contributed by atoms with Crippen LogP contribution in [0.5, 0.6) is 0 Å². The summed E-state index contributed by atoms with van der Waals surface area (Å²) in [5.41, 5.74) is 1.33. The lowest BCUT2D eigenvalue weighted by Gasteiger charge is -2.42. The first-order chi connectivity index (χ1) is 12.1. The molecule has 5 heteroatoms. The Morgan fingerprint density at radius 1 is 1.20 bits per heavy atom. The van der Waals surface area contributed by atoms with E-state index in [0.717, 1.165) is 51.7 Å². The van der Waals surface area contributed by atoms with E-state index in [1.54, 1.807) is 0 Å². The summed E-state index contributed by atoms with van der Waals surface area (Å²) in [4.78, 5) is 16.9. The van der Waals surface area contributed by atoms with Crippen LogP contribution >= 0.6 is 0 Å². The number of amides is 2. The molecular formula is C20H31N3O2. The van der Waals surface area contributed by atoms with Gasteiger partial charge in [0.2, 0.25) is 0 Å². The molecule has 2 heterocycles. The molecule has 0 bridgehead atoms. The van der Waals surface area contributed by atoms with Crippen LogP contribution in [0.3, 0.4) is 0 Å². The molecule has 1 aromatic carbocycles. The largest absolute Gasteiger partial charge is 0.394 e. The van der Waals surface area contributed by atoms with E-state index in [1.807, 2.05) is 11.0 Å². The van der Waals surface area contributed by atoms with E-state index in [9.17, 15) is 9.90 Å². The van der Waals surface area contributed by atoms with Crippen molar-refractivity contribution in [2.75, 3.05) is 39.8 Å². The molecular weight excluding hydrogens is 314 g/mol. The Hall–Kier alpha value is -1.59. The average molecular weight is 345 g/mol. The number of carbonyl (C=O) groups excluding carboxylic acids is 1. The van der Waals surface area contributed by atoms with Crippen LogP contribution in [-0.2, 0) is 5.41 Å². The molecule has 1 unspecified atom stereocenters. The third-order valence-electron chi connectivity index (χ3n) is 6.01. The van der Waals surface area contributed by atoms with E-state index >= 15 is 0 Å². The Bertz CT molecular complexity index is 555. The molecule has 25 heavy (non-hydrogen) atoms. The standard InChI is InChI=1S/C20H31N3O2/c1-22-13-10-20(11-14-22,17-7-3-2-4-8-17)16-21-19(25)23-12-6-5-9-18(23)15-24/h2-4,7-8,18,24H,5-6,9-16H2,1H3,(H,21,25). The zero-order valence-corrected chi connectivity index (χ0v) is 15.3. The van der Waals surface area contributed by atoms with Gasteiger partial charge in [-0.2, -0.15) is 0 Å². The predicted molar refractivity (Wildman–Crippen MR) is 99.7 cm³/mol. The fourth-order valence-corrected chi connectivity index (χ4v) is 4.21. The van der Waals surface area contributed by atoms with Gasteiger partial charge in [0, 0.05) is 18.5 Å². The van der Waals surface area contributed by atoms with Crippen LogP contribution in [0.1, 0.15) is 37.7 Å². The minimum atomic E-state index is -0.0288. The van der Waals surface area contributed by atoms with Crippen LogP contribution in [-0.4, -0.2) is 66.8 Å². The van der Waals surface area contributed by atoms with Crippen molar-refractivity contribution in [3.63, 3.8) is 0 Å². The minimum Gasteiger partial charge on any atom is -0.394 e. The summed E-state index contributed by atoms with van der Waals surface area (Å²) < 4.78 is 0. The van der Waals surface area contributed by atoms with Gasteiger partial charge in [-0.25, -0.2) is 4.79 Å². The molecule has 138 valence electrons. The molecule has 3 rings (SSSR count). The molecule has 0 spiro atoms. The molecule has 0 radical (unpaired) electrons. The van der Waals surface area contributed by atoms with Crippen molar-refractivity contribution in [1.29, 1.82) is 0 Å². The lowest BCUT2D eigenvalue weighted by molar-refractivity contribution is 0.105. The van der Waals surface area contributed by atoms with Gasteiger partial charge in [-0.3, -0.25) is 0 Å². The zero-order valence-electron chi connectivity index (χ0n) is 15.3. The molecule has 2 N–H and O–H groups in total. The summed E-state index contributed by atoms with van der Waals surface area (Å²) in [6, 6.07) is 10.5. The number of benzene rings is 1. The summed E-state index contributed by atoms with van der Waals surface area (Å²) in [5.74, 6) is 0. The number of urea groups is 1. The number of piperidine rings is 2. The molecule has 2 saturated heterocycles. The molecule has 2 aliphatic heterocycles. The Morgan fingerprint density at radius 2 is 1.92 bits per heavy atom. The molecule has 2 fully saturated rings. The van der Waals surface area contributed by atoms with E-state index in [-0.39, 0.29) is 24.1 Å². The lowest BCUT2D eigenvalue weighted by Crippen LogP contribution is -2.54. The fourth-order valence-electron chi connectivity index (χ4n) is 4.21. The second kappa shape index (κ2) is 8.19. The van der Waals surface area contributed by atoms with Crippen molar-refractivity contribution < 1.29 is 9.90 Å². The summed E-state index contributed by atoms with van der Waals surface area (Å²) in [7, 11) is 2.16. The third-order valence-corrected chi connectivity index (χ3v) is 6.01. The molecule has 2 amide bonds. The van der Waals surface area contributed by atoms with Gasteiger partial charge in [-0.15, -0.1) is 0 Å². The topological polar surface area (TPSA) is 55.8 Å². The van der Waals surface area contributed by atoms with E-state index in [4.69, 9.17) is 0 Å². The van der Waals surface area contributed by atoms with Crippen LogP contribution < -0.4 is 5.32 Å². The van der Waals surface area contributed by atoms with Crippen LogP contribution in [0.4, 0.5) is 4.79 Å². The molecule has 1 aromatic rings. The summed E-state index contributed by atoms with van der Waals surface area (Å²) in [6.07, 6.45) is 5.13. The Morgan fingerprint density at radius 3 is 2.60 bits per heavy atom. The van der Waals surface area contributed by atoms with Crippen molar-refractivity contribution in [2.24, 2.45) is 0 Å². The van der Waals surface area contributed by atoms with Crippen LogP contribution in [0, 0.1) is 0 Å². The second-order valence-electron chi connectivity index (χ2n) is 7.63. The number of hydrogen-bond acceptors (Lipinski definition) is 3. The highest BCUT2D eigenvalue weighted by Crippen LogP contribution is 2.34. The van der Waals surface area contributed by atoms with Crippen molar-refractivity contribution in [1.82, 2.24) is 15.1 Å². The molecule has 5 nitrogen and oxygen atoms in total. The van der Waals surface area contributed by atoms with E-state index in [2.05, 4.69) is 41.5 Å². The van der Waals surface area contributed by atoms with Gasteiger partial charge in [0.05, 0.1) is 12.6 Å². The van der Waals surface area contributed by atoms with Crippen molar-refractivity contribution in [2.45, 2.75) is 43.6 Å². The highest BCUT2D eigenvalue weighted by molar-refractivity contribution is 5.74. The summed E-state index contributed by atoms with van der Waals surface area (Å²) in [5, 5.41) is 12.8. The first kappa shape index (κ1) is 18.2. The Labute approximate surface area is 151 Å². The molecule has 0 aromatic heterocycles. The van der Waals surface area contributed by atoms with Crippen molar-refractivity contribution >= 4 is 6.03 Å². The molecule has 1 atom stereocenters. The number of likely N-dealkylation sites (tertiary alicyclic amines) is 2. The van der Waals surface area contributed by atoms with E-state index in [0.29, 0.717) is 6.54 Å². The van der Waals surface area contributed by atoms with Gasteiger partial charge in [-0.05, 0) is 57.8 Å². The van der Waals surface area contributed by atoms with Crippen LogP contribution in [0.25, 0.3) is 0 Å².